The summed E-state index contributed by atoms with van der Waals surface area (Å²) in [5.41, 5.74) is 1.01. The third-order valence-electron chi connectivity index (χ3n) is 2.87. The molecule has 0 bridgehead atoms. The third kappa shape index (κ3) is 3.64. The Kier molecular flexibility index (Phi) is 3.99. The van der Waals surface area contributed by atoms with Gasteiger partial charge in [-0.25, -0.2) is 8.42 Å². The lowest BCUT2D eigenvalue weighted by molar-refractivity contribution is 0.602. The fourth-order valence-electron chi connectivity index (χ4n) is 1.88. The number of benzene rings is 1. The number of sulfone groups is 1. The van der Waals surface area contributed by atoms with Crippen LogP contribution in [0.1, 0.15) is 12.8 Å². The van der Waals surface area contributed by atoms with Gasteiger partial charge in [0.25, 0.3) is 0 Å². The van der Waals surface area contributed by atoms with Gasteiger partial charge in [0.2, 0.25) is 0 Å². The molecule has 1 aromatic rings. The van der Waals surface area contributed by atoms with Crippen LogP contribution in [0.3, 0.4) is 0 Å². The monoisotopic (exact) mass is 271 g/mol. The van der Waals surface area contributed by atoms with Crippen LogP contribution < -0.4 is 5.32 Å². The van der Waals surface area contributed by atoms with Crippen molar-refractivity contribution in [2.45, 2.75) is 23.8 Å². The summed E-state index contributed by atoms with van der Waals surface area (Å²) in [6.07, 6.45) is 3.59. The van der Waals surface area contributed by atoms with Crippen LogP contribution >= 0.6 is 11.8 Å². The standard InChI is InChI=1S/C12H17NO2S2/c1-17(14,15)12-4-2-10(3-5-12)13-11-6-8-16-9-7-11/h2-5,11,13H,6-9H2,1H3. The molecule has 0 aliphatic carbocycles. The van der Waals surface area contributed by atoms with Crippen LogP contribution in [-0.2, 0) is 9.84 Å². The molecule has 1 aromatic carbocycles. The van der Waals surface area contributed by atoms with Crippen LogP contribution in [0.15, 0.2) is 29.2 Å². The topological polar surface area (TPSA) is 46.2 Å². The Morgan fingerprint density at radius 2 is 1.76 bits per heavy atom. The van der Waals surface area contributed by atoms with Gasteiger partial charge in [0.05, 0.1) is 4.90 Å². The third-order valence-corrected chi connectivity index (χ3v) is 5.05. The Labute approximate surface area is 107 Å². The van der Waals surface area contributed by atoms with Crippen molar-refractivity contribution in [1.82, 2.24) is 0 Å². The fraction of sp³-hybridized carbons (Fsp3) is 0.500. The second kappa shape index (κ2) is 5.31. The highest BCUT2D eigenvalue weighted by atomic mass is 32.2. The minimum Gasteiger partial charge on any atom is -0.382 e. The van der Waals surface area contributed by atoms with Crippen LogP contribution in [0.2, 0.25) is 0 Å². The van der Waals surface area contributed by atoms with E-state index in [-0.39, 0.29) is 0 Å². The van der Waals surface area contributed by atoms with Crippen molar-refractivity contribution in [1.29, 1.82) is 0 Å². The second-order valence-corrected chi connectivity index (χ2v) is 7.57. The molecule has 3 nitrogen and oxygen atoms in total. The van der Waals surface area contributed by atoms with Gasteiger partial charge in [0.15, 0.2) is 9.84 Å². The summed E-state index contributed by atoms with van der Waals surface area (Å²) in [5.74, 6) is 2.41. The van der Waals surface area contributed by atoms with E-state index in [1.165, 1.54) is 30.6 Å². The first-order valence-electron chi connectivity index (χ1n) is 5.70. The zero-order valence-corrected chi connectivity index (χ0v) is 11.5. The zero-order valence-electron chi connectivity index (χ0n) is 9.85. The van der Waals surface area contributed by atoms with Gasteiger partial charge in [-0.2, -0.15) is 11.8 Å². The largest absolute Gasteiger partial charge is 0.382 e. The lowest BCUT2D eigenvalue weighted by Crippen LogP contribution is -2.24. The van der Waals surface area contributed by atoms with Gasteiger partial charge < -0.3 is 5.32 Å². The van der Waals surface area contributed by atoms with E-state index in [1.807, 2.05) is 23.9 Å². The molecular formula is C12H17NO2S2. The maximum Gasteiger partial charge on any atom is 0.175 e. The molecule has 0 atom stereocenters. The first-order valence-corrected chi connectivity index (χ1v) is 8.75. The van der Waals surface area contributed by atoms with Crippen molar-refractivity contribution in [2.24, 2.45) is 0 Å². The number of anilines is 1. The average Bonchev–Trinajstić information content (AvgIpc) is 2.30. The van der Waals surface area contributed by atoms with Crippen LogP contribution in [-0.4, -0.2) is 32.2 Å². The minimum atomic E-state index is -3.08. The van der Waals surface area contributed by atoms with E-state index in [9.17, 15) is 8.42 Å². The van der Waals surface area contributed by atoms with Crippen molar-refractivity contribution in [3.05, 3.63) is 24.3 Å². The summed E-state index contributed by atoms with van der Waals surface area (Å²) in [5, 5.41) is 3.45. The summed E-state index contributed by atoms with van der Waals surface area (Å²) in [6.45, 7) is 0. The summed E-state index contributed by atoms with van der Waals surface area (Å²) in [4.78, 5) is 0.377. The molecule has 0 amide bonds. The predicted octanol–water partition coefficient (Wildman–Crippen LogP) is 2.40. The lowest BCUT2D eigenvalue weighted by Gasteiger charge is -2.23. The molecule has 0 saturated carbocycles. The maximum atomic E-state index is 11.3. The van der Waals surface area contributed by atoms with Gasteiger partial charge in [-0.05, 0) is 48.6 Å². The first kappa shape index (κ1) is 12.8. The molecule has 1 aliphatic rings. The van der Waals surface area contributed by atoms with E-state index < -0.39 is 9.84 Å². The number of thioether (sulfide) groups is 1. The van der Waals surface area contributed by atoms with Crippen molar-refractivity contribution in [2.75, 3.05) is 23.1 Å². The van der Waals surface area contributed by atoms with E-state index in [0.717, 1.165) is 5.69 Å². The Hall–Kier alpha value is -0.680. The molecule has 2 rings (SSSR count). The van der Waals surface area contributed by atoms with Crippen molar-refractivity contribution in [3.8, 4) is 0 Å². The molecular weight excluding hydrogens is 254 g/mol. The highest BCUT2D eigenvalue weighted by Crippen LogP contribution is 2.21. The van der Waals surface area contributed by atoms with Crippen LogP contribution in [0, 0.1) is 0 Å². The van der Waals surface area contributed by atoms with Crippen LogP contribution in [0.25, 0.3) is 0 Å². The molecule has 1 N–H and O–H groups in total. The van der Waals surface area contributed by atoms with E-state index in [1.54, 1.807) is 12.1 Å². The number of nitrogens with one attached hydrogen (secondary N) is 1. The second-order valence-electron chi connectivity index (χ2n) is 4.33. The molecule has 0 aromatic heterocycles. The Balaban J connectivity index is 2.03. The summed E-state index contributed by atoms with van der Waals surface area (Å²) < 4.78 is 22.6. The molecule has 94 valence electrons. The predicted molar refractivity (Wildman–Crippen MR) is 73.5 cm³/mol. The van der Waals surface area contributed by atoms with Crippen molar-refractivity contribution < 1.29 is 8.42 Å². The van der Waals surface area contributed by atoms with Crippen molar-refractivity contribution >= 4 is 27.3 Å². The maximum absolute atomic E-state index is 11.3. The Morgan fingerprint density at radius 3 is 2.29 bits per heavy atom. The summed E-state index contributed by atoms with van der Waals surface area (Å²) in [6, 6.07) is 7.54. The Bertz CT molecular complexity index is 462. The molecule has 1 fully saturated rings. The highest BCUT2D eigenvalue weighted by Gasteiger charge is 2.13. The summed E-state index contributed by atoms with van der Waals surface area (Å²) in [7, 11) is -3.08. The van der Waals surface area contributed by atoms with E-state index in [0.29, 0.717) is 10.9 Å². The molecule has 0 unspecified atom stereocenters. The molecule has 1 aliphatic heterocycles. The van der Waals surface area contributed by atoms with Gasteiger partial charge in [-0.1, -0.05) is 0 Å². The van der Waals surface area contributed by atoms with E-state index in [4.69, 9.17) is 0 Å². The van der Waals surface area contributed by atoms with Gasteiger partial charge in [-0.3, -0.25) is 0 Å². The van der Waals surface area contributed by atoms with E-state index >= 15 is 0 Å². The lowest BCUT2D eigenvalue weighted by atomic mass is 10.1. The van der Waals surface area contributed by atoms with Crippen LogP contribution in [0.5, 0.6) is 0 Å². The zero-order chi connectivity index (χ0) is 12.3. The number of rotatable bonds is 3. The molecule has 1 heterocycles. The molecule has 17 heavy (non-hydrogen) atoms. The van der Waals surface area contributed by atoms with Gasteiger partial charge in [0, 0.05) is 18.0 Å². The minimum absolute atomic E-state index is 0.377. The first-order chi connectivity index (χ1) is 8.05. The van der Waals surface area contributed by atoms with Crippen LogP contribution in [0.4, 0.5) is 5.69 Å². The smallest absolute Gasteiger partial charge is 0.175 e. The van der Waals surface area contributed by atoms with Gasteiger partial charge in [-0.15, -0.1) is 0 Å². The SMILES string of the molecule is CS(=O)(=O)c1ccc(NC2CCSCC2)cc1. The average molecular weight is 271 g/mol. The molecule has 5 heteroatoms. The van der Waals surface area contributed by atoms with Gasteiger partial charge >= 0.3 is 0 Å². The normalized spacial score (nSPS) is 17.9. The Morgan fingerprint density at radius 1 is 1.18 bits per heavy atom. The summed E-state index contributed by atoms with van der Waals surface area (Å²) >= 11 is 2.00. The molecule has 0 spiro atoms. The molecule has 1 saturated heterocycles. The number of hydrogen-bond acceptors (Lipinski definition) is 4. The number of hydrogen-bond donors (Lipinski definition) is 1. The molecule has 0 radical (unpaired) electrons. The van der Waals surface area contributed by atoms with Gasteiger partial charge in [0.1, 0.15) is 0 Å². The fourth-order valence-corrected chi connectivity index (χ4v) is 3.61. The highest BCUT2D eigenvalue weighted by molar-refractivity contribution is 7.99. The quantitative estimate of drug-likeness (QED) is 0.917. The van der Waals surface area contributed by atoms with E-state index in [2.05, 4.69) is 5.32 Å². The van der Waals surface area contributed by atoms with Crippen molar-refractivity contribution in [3.63, 3.8) is 0 Å².